The predicted octanol–water partition coefficient (Wildman–Crippen LogP) is 3.53. The number of rotatable bonds is 7. The lowest BCUT2D eigenvalue weighted by Gasteiger charge is -2.35. The Morgan fingerprint density at radius 2 is 2.19 bits per heavy atom. The molecule has 0 saturated heterocycles. The average Bonchev–Trinajstić information content (AvgIpc) is 3.23. The molecule has 1 fully saturated rings. The molecule has 1 heterocycles. The molecule has 1 atom stereocenters. The van der Waals surface area contributed by atoms with E-state index in [1.165, 1.54) is 17.5 Å². The number of nitrogens with zero attached hydrogens (tertiary/aromatic N) is 1. The fourth-order valence-electron chi connectivity index (χ4n) is 2.81. The van der Waals surface area contributed by atoms with Gasteiger partial charge in [0.2, 0.25) is 0 Å². The van der Waals surface area contributed by atoms with Gasteiger partial charge < -0.3 is 10.4 Å². The zero-order chi connectivity index (χ0) is 14.9. The van der Waals surface area contributed by atoms with Crippen LogP contribution in [0, 0.1) is 5.92 Å². The summed E-state index contributed by atoms with van der Waals surface area (Å²) in [6.07, 6.45) is 2.45. The minimum Gasteiger partial charge on any atom is -0.394 e. The van der Waals surface area contributed by atoms with Crippen LogP contribution in [0.15, 0.2) is 28.6 Å². The van der Waals surface area contributed by atoms with E-state index in [9.17, 15) is 5.11 Å². The molecule has 1 aromatic heterocycles. The van der Waals surface area contributed by atoms with Crippen LogP contribution in [0.5, 0.6) is 0 Å². The van der Waals surface area contributed by atoms with Gasteiger partial charge in [0.1, 0.15) is 0 Å². The van der Waals surface area contributed by atoms with E-state index in [1.54, 1.807) is 23.1 Å². The summed E-state index contributed by atoms with van der Waals surface area (Å²) in [5.74, 6) is 1.48. The number of aliphatic hydroxyl groups is 1. The molecule has 0 amide bonds. The van der Waals surface area contributed by atoms with Crippen LogP contribution in [0.1, 0.15) is 26.7 Å². The first-order chi connectivity index (χ1) is 10.1. The van der Waals surface area contributed by atoms with Crippen LogP contribution in [-0.4, -0.2) is 34.0 Å². The molecule has 1 saturated carbocycles. The lowest BCUT2D eigenvalue weighted by atomic mass is 9.95. The zero-order valence-corrected chi connectivity index (χ0v) is 14.1. The van der Waals surface area contributed by atoms with Crippen LogP contribution in [0.2, 0.25) is 0 Å². The molecule has 0 spiro atoms. The van der Waals surface area contributed by atoms with Crippen molar-refractivity contribution in [3.8, 4) is 0 Å². The third-order valence-corrected chi connectivity index (χ3v) is 6.38. The van der Waals surface area contributed by atoms with Crippen LogP contribution < -0.4 is 5.32 Å². The zero-order valence-electron chi connectivity index (χ0n) is 12.5. The maximum absolute atomic E-state index is 9.96. The molecule has 3 rings (SSSR count). The predicted molar refractivity (Wildman–Crippen MR) is 91.2 cm³/mol. The molecular weight excluding hydrogens is 300 g/mol. The Bertz CT molecular complexity index is 576. The van der Waals surface area contributed by atoms with E-state index in [-0.39, 0.29) is 12.1 Å². The highest BCUT2D eigenvalue weighted by Gasteiger charge is 2.45. The second-order valence-corrected chi connectivity index (χ2v) is 8.38. The number of fused-ring (bicyclic) bond motifs is 1. The highest BCUT2D eigenvalue weighted by atomic mass is 32.2. The number of para-hydroxylation sites is 1. The van der Waals surface area contributed by atoms with Gasteiger partial charge in [-0.15, -0.1) is 11.3 Å². The second kappa shape index (κ2) is 6.24. The Hall–Kier alpha value is -0.620. The van der Waals surface area contributed by atoms with Gasteiger partial charge in [-0.3, -0.25) is 0 Å². The van der Waals surface area contributed by atoms with Gasteiger partial charge >= 0.3 is 0 Å². The molecule has 3 nitrogen and oxygen atoms in total. The standard InChI is InChI=1S/C16H22N2OS2/c1-11(2)18-16(9-19,12-7-8-12)10-20-15-17-13-5-3-4-6-14(13)21-15/h3-6,11-12,18-19H,7-10H2,1-2H3. The molecule has 2 aromatic rings. The summed E-state index contributed by atoms with van der Waals surface area (Å²) in [4.78, 5) is 4.68. The molecule has 1 aliphatic carbocycles. The summed E-state index contributed by atoms with van der Waals surface area (Å²) in [6, 6.07) is 8.64. The highest BCUT2D eigenvalue weighted by molar-refractivity contribution is 8.01. The Morgan fingerprint density at radius 3 is 2.81 bits per heavy atom. The van der Waals surface area contributed by atoms with Gasteiger partial charge in [0.25, 0.3) is 0 Å². The van der Waals surface area contributed by atoms with E-state index in [1.807, 2.05) is 6.07 Å². The minimum absolute atomic E-state index is 0.156. The van der Waals surface area contributed by atoms with Gasteiger partial charge in [0.05, 0.1) is 22.4 Å². The van der Waals surface area contributed by atoms with Gasteiger partial charge in [-0.25, -0.2) is 4.98 Å². The molecule has 1 unspecified atom stereocenters. The molecule has 1 aromatic carbocycles. The van der Waals surface area contributed by atoms with Crippen LogP contribution in [0.3, 0.4) is 0 Å². The van der Waals surface area contributed by atoms with Crippen molar-refractivity contribution < 1.29 is 5.11 Å². The van der Waals surface area contributed by atoms with Crippen molar-refractivity contribution in [2.24, 2.45) is 5.92 Å². The molecule has 21 heavy (non-hydrogen) atoms. The van der Waals surface area contributed by atoms with E-state index in [4.69, 9.17) is 0 Å². The van der Waals surface area contributed by atoms with Crippen molar-refractivity contribution in [2.75, 3.05) is 12.4 Å². The van der Waals surface area contributed by atoms with Crippen molar-refractivity contribution in [2.45, 2.75) is 42.6 Å². The van der Waals surface area contributed by atoms with Gasteiger partial charge in [0, 0.05) is 11.8 Å². The molecular formula is C16H22N2OS2. The number of thioether (sulfide) groups is 1. The minimum atomic E-state index is -0.156. The van der Waals surface area contributed by atoms with Crippen LogP contribution >= 0.6 is 23.1 Å². The van der Waals surface area contributed by atoms with Gasteiger partial charge in [-0.2, -0.15) is 0 Å². The average molecular weight is 322 g/mol. The molecule has 5 heteroatoms. The first-order valence-electron chi connectivity index (χ1n) is 7.50. The maximum atomic E-state index is 9.96. The maximum Gasteiger partial charge on any atom is 0.151 e. The summed E-state index contributed by atoms with van der Waals surface area (Å²) < 4.78 is 2.33. The Morgan fingerprint density at radius 1 is 1.43 bits per heavy atom. The first-order valence-corrected chi connectivity index (χ1v) is 9.30. The van der Waals surface area contributed by atoms with Crippen molar-refractivity contribution in [3.63, 3.8) is 0 Å². The first kappa shape index (κ1) is 15.3. The van der Waals surface area contributed by atoms with E-state index in [0.29, 0.717) is 12.0 Å². The van der Waals surface area contributed by atoms with Crippen molar-refractivity contribution in [1.82, 2.24) is 10.3 Å². The summed E-state index contributed by atoms with van der Waals surface area (Å²) in [5.41, 5.74) is 0.916. The van der Waals surface area contributed by atoms with E-state index >= 15 is 0 Å². The molecule has 2 N–H and O–H groups in total. The third kappa shape index (κ3) is 3.42. The third-order valence-electron chi connectivity index (χ3n) is 3.94. The van der Waals surface area contributed by atoms with E-state index < -0.39 is 0 Å². The Kier molecular flexibility index (Phi) is 4.54. The normalized spacial score (nSPS) is 18.3. The number of hydrogen-bond donors (Lipinski definition) is 2. The van der Waals surface area contributed by atoms with Crippen molar-refractivity contribution in [3.05, 3.63) is 24.3 Å². The summed E-state index contributed by atoms with van der Waals surface area (Å²) in [6.45, 7) is 4.50. The van der Waals surface area contributed by atoms with Crippen LogP contribution in [0.4, 0.5) is 0 Å². The summed E-state index contributed by atoms with van der Waals surface area (Å²) >= 11 is 3.51. The Balaban J connectivity index is 1.73. The number of nitrogens with one attached hydrogen (secondary N) is 1. The lowest BCUT2D eigenvalue weighted by Crippen LogP contribution is -2.55. The number of aromatic nitrogens is 1. The van der Waals surface area contributed by atoms with Gasteiger partial charge in [0.15, 0.2) is 4.34 Å². The van der Waals surface area contributed by atoms with E-state index in [2.05, 4.69) is 42.3 Å². The van der Waals surface area contributed by atoms with Crippen molar-refractivity contribution >= 4 is 33.3 Å². The topological polar surface area (TPSA) is 45.1 Å². The summed E-state index contributed by atoms with van der Waals surface area (Å²) in [5, 5.41) is 13.6. The Labute approximate surface area is 134 Å². The lowest BCUT2D eigenvalue weighted by molar-refractivity contribution is 0.150. The van der Waals surface area contributed by atoms with Crippen LogP contribution in [-0.2, 0) is 0 Å². The molecule has 0 radical (unpaired) electrons. The molecule has 1 aliphatic rings. The second-order valence-electron chi connectivity index (χ2n) is 6.12. The fourth-order valence-corrected chi connectivity index (χ4v) is 5.14. The number of thiazole rings is 1. The van der Waals surface area contributed by atoms with Crippen LogP contribution in [0.25, 0.3) is 10.2 Å². The number of benzene rings is 1. The number of aliphatic hydroxyl groups excluding tert-OH is 1. The smallest absolute Gasteiger partial charge is 0.151 e. The quantitative estimate of drug-likeness (QED) is 0.766. The fraction of sp³-hybridized carbons (Fsp3) is 0.562. The summed E-state index contributed by atoms with van der Waals surface area (Å²) in [7, 11) is 0. The monoisotopic (exact) mass is 322 g/mol. The SMILES string of the molecule is CC(C)NC(CO)(CSc1nc2ccccc2s1)C1CC1. The van der Waals surface area contributed by atoms with Gasteiger partial charge in [-0.05, 0) is 30.9 Å². The largest absolute Gasteiger partial charge is 0.394 e. The molecule has 0 aliphatic heterocycles. The van der Waals surface area contributed by atoms with Crippen molar-refractivity contribution in [1.29, 1.82) is 0 Å². The molecule has 0 bridgehead atoms. The number of hydrogen-bond acceptors (Lipinski definition) is 5. The van der Waals surface area contributed by atoms with Gasteiger partial charge in [-0.1, -0.05) is 37.7 Å². The molecule has 114 valence electrons. The highest BCUT2D eigenvalue weighted by Crippen LogP contribution is 2.43. The van der Waals surface area contributed by atoms with E-state index in [0.717, 1.165) is 15.6 Å².